The molecule has 2 rings (SSSR count). The number of carbonyl (C=O) groups excluding carboxylic acids is 1. The first-order chi connectivity index (χ1) is 9.29. The van der Waals surface area contributed by atoms with Gasteiger partial charge in [0.05, 0.1) is 0 Å². The number of hydrogen-bond acceptors (Lipinski definition) is 2. The zero-order valence-corrected chi connectivity index (χ0v) is 12.5. The van der Waals surface area contributed by atoms with E-state index < -0.39 is 0 Å². The maximum Gasteiger partial charge on any atom is 0.219 e. The van der Waals surface area contributed by atoms with Crippen LogP contribution in [0.3, 0.4) is 0 Å². The third-order valence-electron chi connectivity index (χ3n) is 3.55. The van der Waals surface area contributed by atoms with Crippen molar-refractivity contribution in [2.75, 3.05) is 6.54 Å². The molecule has 1 aromatic carbocycles. The van der Waals surface area contributed by atoms with Crippen LogP contribution >= 0.6 is 0 Å². The second-order valence-electron chi connectivity index (χ2n) is 6.14. The molecule has 0 unspecified atom stereocenters. The summed E-state index contributed by atoms with van der Waals surface area (Å²) in [6.45, 7) is 8.38. The van der Waals surface area contributed by atoms with Crippen LogP contribution in [0.15, 0.2) is 24.4 Å². The number of amides is 1. The molecular weight excluding hydrogens is 252 g/mol. The van der Waals surface area contributed by atoms with Gasteiger partial charge in [-0.05, 0) is 51.0 Å². The van der Waals surface area contributed by atoms with E-state index in [1.807, 2.05) is 37.9 Å². The van der Waals surface area contributed by atoms with E-state index in [2.05, 4.69) is 4.98 Å². The minimum atomic E-state index is -0.180. The number of H-pyrrole nitrogens is 1. The van der Waals surface area contributed by atoms with Crippen LogP contribution in [0, 0.1) is 0 Å². The van der Waals surface area contributed by atoms with Gasteiger partial charge in [0.15, 0.2) is 0 Å². The molecule has 0 atom stereocenters. The molecule has 20 heavy (non-hydrogen) atoms. The molecule has 0 fully saturated rings. The predicted molar refractivity (Wildman–Crippen MR) is 80.8 cm³/mol. The lowest BCUT2D eigenvalue weighted by molar-refractivity contribution is -0.133. The molecule has 0 saturated carbocycles. The molecule has 1 amide bonds. The van der Waals surface area contributed by atoms with Gasteiger partial charge in [-0.25, -0.2) is 0 Å². The SMILES string of the molecule is CC(=O)N(CCc1c[nH]c2ccc(O)cc12)C(C)(C)C. The molecule has 4 nitrogen and oxygen atoms in total. The largest absolute Gasteiger partial charge is 0.508 e. The molecular formula is C16H22N2O2. The standard InChI is InChI=1S/C16H22N2O2/c1-11(19)18(16(2,3)4)8-7-12-10-17-15-6-5-13(20)9-14(12)15/h5-6,9-10,17,20H,7-8H2,1-4H3. The number of aromatic hydroxyl groups is 1. The summed E-state index contributed by atoms with van der Waals surface area (Å²) in [4.78, 5) is 16.8. The zero-order valence-electron chi connectivity index (χ0n) is 12.5. The molecule has 1 aromatic heterocycles. The highest BCUT2D eigenvalue weighted by Crippen LogP contribution is 2.24. The number of phenolic OH excluding ortho intramolecular Hbond substituents is 1. The first-order valence-electron chi connectivity index (χ1n) is 6.86. The second kappa shape index (κ2) is 5.19. The van der Waals surface area contributed by atoms with Crippen LogP contribution in [0.4, 0.5) is 0 Å². The number of carbonyl (C=O) groups is 1. The van der Waals surface area contributed by atoms with Crippen molar-refractivity contribution in [3.63, 3.8) is 0 Å². The molecule has 2 N–H and O–H groups in total. The number of aromatic nitrogens is 1. The van der Waals surface area contributed by atoms with E-state index in [0.29, 0.717) is 6.54 Å². The first kappa shape index (κ1) is 14.4. The van der Waals surface area contributed by atoms with E-state index in [4.69, 9.17) is 0 Å². The van der Waals surface area contributed by atoms with Gasteiger partial charge in [-0.3, -0.25) is 4.79 Å². The number of aromatic amines is 1. The average molecular weight is 274 g/mol. The Hall–Kier alpha value is -1.97. The Labute approximate surface area is 119 Å². The molecule has 108 valence electrons. The summed E-state index contributed by atoms with van der Waals surface area (Å²) in [5, 5.41) is 10.6. The number of rotatable bonds is 3. The minimum Gasteiger partial charge on any atom is -0.508 e. The van der Waals surface area contributed by atoms with Gasteiger partial charge >= 0.3 is 0 Å². The maximum atomic E-state index is 11.7. The van der Waals surface area contributed by atoms with Crippen molar-refractivity contribution in [2.24, 2.45) is 0 Å². The zero-order chi connectivity index (χ0) is 14.9. The lowest BCUT2D eigenvalue weighted by Gasteiger charge is -2.35. The Morgan fingerprint density at radius 2 is 2.05 bits per heavy atom. The molecule has 0 aliphatic carbocycles. The quantitative estimate of drug-likeness (QED) is 0.903. The van der Waals surface area contributed by atoms with Crippen LogP contribution in [0.25, 0.3) is 10.9 Å². The molecule has 0 saturated heterocycles. The smallest absolute Gasteiger partial charge is 0.219 e. The molecule has 0 spiro atoms. The fourth-order valence-electron chi connectivity index (χ4n) is 2.57. The van der Waals surface area contributed by atoms with Gasteiger partial charge in [0, 0.05) is 36.1 Å². The topological polar surface area (TPSA) is 56.3 Å². The minimum absolute atomic E-state index is 0.0835. The van der Waals surface area contributed by atoms with Crippen molar-refractivity contribution in [3.8, 4) is 5.75 Å². The fourth-order valence-corrected chi connectivity index (χ4v) is 2.57. The lowest BCUT2D eigenvalue weighted by atomic mass is 10.0. The molecule has 4 heteroatoms. The van der Waals surface area contributed by atoms with Crippen LogP contribution < -0.4 is 0 Å². The number of nitrogens with one attached hydrogen (secondary N) is 1. The first-order valence-corrected chi connectivity index (χ1v) is 6.86. The molecule has 0 radical (unpaired) electrons. The Balaban J connectivity index is 2.20. The highest BCUT2D eigenvalue weighted by molar-refractivity contribution is 5.84. The van der Waals surface area contributed by atoms with E-state index in [1.165, 1.54) is 0 Å². The van der Waals surface area contributed by atoms with Crippen molar-refractivity contribution in [1.82, 2.24) is 9.88 Å². The van der Waals surface area contributed by atoms with Crippen LogP contribution in [-0.4, -0.2) is 33.0 Å². The molecule has 1 heterocycles. The summed E-state index contributed by atoms with van der Waals surface area (Å²) in [5.74, 6) is 0.345. The Morgan fingerprint density at radius 3 is 2.65 bits per heavy atom. The predicted octanol–water partition coefficient (Wildman–Crippen LogP) is 3.06. The van der Waals surface area contributed by atoms with Gasteiger partial charge in [-0.2, -0.15) is 0 Å². The highest BCUT2D eigenvalue weighted by Gasteiger charge is 2.23. The number of fused-ring (bicyclic) bond motifs is 1. The van der Waals surface area contributed by atoms with Gasteiger partial charge < -0.3 is 15.0 Å². The summed E-state index contributed by atoms with van der Waals surface area (Å²) in [6.07, 6.45) is 2.71. The van der Waals surface area contributed by atoms with Gasteiger partial charge in [0.1, 0.15) is 5.75 Å². The maximum absolute atomic E-state index is 11.7. The van der Waals surface area contributed by atoms with Crippen LogP contribution in [0.1, 0.15) is 33.3 Å². The average Bonchev–Trinajstić information content (AvgIpc) is 2.70. The number of nitrogens with zero attached hydrogens (tertiary/aromatic N) is 1. The van der Waals surface area contributed by atoms with E-state index in [9.17, 15) is 9.90 Å². The van der Waals surface area contributed by atoms with Gasteiger partial charge in [0.2, 0.25) is 5.91 Å². The van der Waals surface area contributed by atoms with Crippen LogP contribution in [0.2, 0.25) is 0 Å². The van der Waals surface area contributed by atoms with E-state index in [0.717, 1.165) is 22.9 Å². The Bertz CT molecular complexity index is 623. The summed E-state index contributed by atoms with van der Waals surface area (Å²) in [5.41, 5.74) is 1.94. The molecule has 0 aliphatic rings. The van der Waals surface area contributed by atoms with Gasteiger partial charge in [-0.15, -0.1) is 0 Å². The van der Waals surface area contributed by atoms with Crippen LogP contribution in [0.5, 0.6) is 5.75 Å². The fraction of sp³-hybridized carbons (Fsp3) is 0.438. The van der Waals surface area contributed by atoms with E-state index in [1.54, 1.807) is 19.1 Å². The summed E-state index contributed by atoms with van der Waals surface area (Å²) < 4.78 is 0. The number of benzene rings is 1. The summed E-state index contributed by atoms with van der Waals surface area (Å²) in [7, 11) is 0. The third kappa shape index (κ3) is 2.95. The number of phenols is 1. The normalized spacial score (nSPS) is 11.8. The van der Waals surface area contributed by atoms with E-state index >= 15 is 0 Å². The monoisotopic (exact) mass is 274 g/mol. The molecule has 0 aliphatic heterocycles. The molecule has 0 bridgehead atoms. The van der Waals surface area contributed by atoms with Crippen LogP contribution in [-0.2, 0) is 11.2 Å². The van der Waals surface area contributed by atoms with Crippen molar-refractivity contribution in [1.29, 1.82) is 0 Å². The Kier molecular flexibility index (Phi) is 3.75. The van der Waals surface area contributed by atoms with Crippen molar-refractivity contribution >= 4 is 16.8 Å². The summed E-state index contributed by atoms with van der Waals surface area (Å²) in [6, 6.07) is 5.29. The van der Waals surface area contributed by atoms with Crippen molar-refractivity contribution < 1.29 is 9.90 Å². The van der Waals surface area contributed by atoms with E-state index in [-0.39, 0.29) is 17.2 Å². The van der Waals surface area contributed by atoms with Gasteiger partial charge in [0.25, 0.3) is 0 Å². The van der Waals surface area contributed by atoms with Crippen molar-refractivity contribution in [2.45, 2.75) is 39.7 Å². The summed E-state index contributed by atoms with van der Waals surface area (Å²) >= 11 is 0. The molecule has 2 aromatic rings. The number of hydrogen-bond donors (Lipinski definition) is 2. The van der Waals surface area contributed by atoms with Crippen molar-refractivity contribution in [3.05, 3.63) is 30.0 Å². The Morgan fingerprint density at radius 1 is 1.35 bits per heavy atom. The highest BCUT2D eigenvalue weighted by atomic mass is 16.3. The lowest BCUT2D eigenvalue weighted by Crippen LogP contribution is -2.45. The van der Waals surface area contributed by atoms with Gasteiger partial charge in [-0.1, -0.05) is 0 Å². The third-order valence-corrected chi connectivity index (χ3v) is 3.55. The second-order valence-corrected chi connectivity index (χ2v) is 6.14.